The Labute approximate surface area is 131 Å². The molecule has 2 aromatic rings. The zero-order chi connectivity index (χ0) is 14.2. The SMILES string of the molecule is O=C(NC1CN2CCC1CC2)c1ccc(-c2cncs2)s1. The Morgan fingerprint density at radius 3 is 2.81 bits per heavy atom. The van der Waals surface area contributed by atoms with Crippen molar-refractivity contribution in [2.24, 2.45) is 5.92 Å². The van der Waals surface area contributed by atoms with E-state index in [4.69, 9.17) is 0 Å². The first-order valence-corrected chi connectivity index (χ1v) is 9.01. The van der Waals surface area contributed by atoms with Crippen LogP contribution in [0, 0.1) is 5.92 Å². The van der Waals surface area contributed by atoms with Gasteiger partial charge in [-0.2, -0.15) is 0 Å². The highest BCUT2D eigenvalue weighted by molar-refractivity contribution is 7.22. The fourth-order valence-electron chi connectivity index (χ4n) is 3.30. The monoisotopic (exact) mass is 319 g/mol. The molecule has 1 N–H and O–H groups in total. The zero-order valence-corrected chi connectivity index (χ0v) is 13.3. The van der Waals surface area contributed by atoms with E-state index in [1.807, 2.05) is 23.8 Å². The normalized spacial score (nSPS) is 27.7. The van der Waals surface area contributed by atoms with Crippen LogP contribution in [0.5, 0.6) is 0 Å². The zero-order valence-electron chi connectivity index (χ0n) is 11.6. The van der Waals surface area contributed by atoms with Crippen LogP contribution in [0.1, 0.15) is 22.5 Å². The molecule has 1 unspecified atom stereocenters. The smallest absolute Gasteiger partial charge is 0.261 e. The Hall–Kier alpha value is -1.24. The number of rotatable bonds is 3. The average Bonchev–Trinajstić information content (AvgIpc) is 3.20. The van der Waals surface area contributed by atoms with Crippen LogP contribution < -0.4 is 5.32 Å². The summed E-state index contributed by atoms with van der Waals surface area (Å²) < 4.78 is 0. The van der Waals surface area contributed by atoms with Gasteiger partial charge in [0.2, 0.25) is 0 Å². The van der Waals surface area contributed by atoms with Gasteiger partial charge in [0.15, 0.2) is 0 Å². The number of hydrogen-bond acceptors (Lipinski definition) is 5. The lowest BCUT2D eigenvalue weighted by molar-refractivity contribution is 0.0622. The van der Waals surface area contributed by atoms with Crippen LogP contribution in [-0.2, 0) is 0 Å². The van der Waals surface area contributed by atoms with E-state index in [1.54, 1.807) is 22.7 Å². The van der Waals surface area contributed by atoms with Crippen molar-refractivity contribution in [3.05, 3.63) is 28.7 Å². The number of piperidine rings is 3. The Morgan fingerprint density at radius 1 is 1.29 bits per heavy atom. The van der Waals surface area contributed by atoms with Gasteiger partial charge in [0, 0.05) is 23.7 Å². The molecule has 2 bridgehead atoms. The fraction of sp³-hybridized carbons (Fsp3) is 0.467. The Bertz CT molecular complexity index is 629. The first-order valence-electron chi connectivity index (χ1n) is 7.31. The quantitative estimate of drug-likeness (QED) is 0.946. The number of thiophene rings is 1. The second-order valence-corrected chi connectivity index (χ2v) is 7.72. The van der Waals surface area contributed by atoms with Crippen molar-refractivity contribution in [3.63, 3.8) is 0 Å². The lowest BCUT2D eigenvalue weighted by atomic mass is 9.84. The number of thiazole rings is 1. The summed E-state index contributed by atoms with van der Waals surface area (Å²) in [4.78, 5) is 22.0. The minimum atomic E-state index is 0.0783. The summed E-state index contributed by atoms with van der Waals surface area (Å²) in [5, 5.41) is 3.24. The van der Waals surface area contributed by atoms with E-state index in [9.17, 15) is 4.79 Å². The molecule has 5 heterocycles. The van der Waals surface area contributed by atoms with Crippen LogP contribution in [0.4, 0.5) is 0 Å². The van der Waals surface area contributed by atoms with Gasteiger partial charge in [0.05, 0.1) is 15.3 Å². The number of amides is 1. The maximum Gasteiger partial charge on any atom is 0.261 e. The lowest BCUT2D eigenvalue weighted by Crippen LogP contribution is -2.57. The molecule has 3 fully saturated rings. The molecule has 0 spiro atoms. The standard InChI is InChI=1S/C15H17N3OS2/c19-15(17-11-8-18-5-3-10(11)4-6-18)13-2-1-12(21-13)14-7-16-9-20-14/h1-2,7,9-11H,3-6,8H2,(H,17,19). The van der Waals surface area contributed by atoms with E-state index >= 15 is 0 Å². The van der Waals surface area contributed by atoms with Crippen molar-refractivity contribution < 1.29 is 4.79 Å². The predicted octanol–water partition coefficient (Wildman–Crippen LogP) is 2.70. The number of fused-ring (bicyclic) bond motifs is 3. The summed E-state index contributed by atoms with van der Waals surface area (Å²) in [7, 11) is 0. The molecule has 21 heavy (non-hydrogen) atoms. The summed E-state index contributed by atoms with van der Waals surface area (Å²) in [6.45, 7) is 3.42. The fourth-order valence-corrected chi connectivity index (χ4v) is 4.92. The van der Waals surface area contributed by atoms with Crippen LogP contribution in [-0.4, -0.2) is 41.5 Å². The Morgan fingerprint density at radius 2 is 2.14 bits per heavy atom. The van der Waals surface area contributed by atoms with Gasteiger partial charge in [-0.15, -0.1) is 22.7 Å². The lowest BCUT2D eigenvalue weighted by Gasteiger charge is -2.44. The third-order valence-corrected chi connectivity index (χ3v) is 6.53. The number of nitrogens with one attached hydrogen (secondary N) is 1. The third kappa shape index (κ3) is 2.63. The second-order valence-electron chi connectivity index (χ2n) is 5.75. The van der Waals surface area contributed by atoms with Gasteiger partial charge in [-0.3, -0.25) is 9.78 Å². The Kier molecular flexibility index (Phi) is 3.52. The van der Waals surface area contributed by atoms with Crippen LogP contribution >= 0.6 is 22.7 Å². The van der Waals surface area contributed by atoms with E-state index in [1.165, 1.54) is 25.9 Å². The van der Waals surface area contributed by atoms with Crippen molar-refractivity contribution in [3.8, 4) is 9.75 Å². The van der Waals surface area contributed by atoms with Crippen LogP contribution in [0.3, 0.4) is 0 Å². The largest absolute Gasteiger partial charge is 0.347 e. The highest BCUT2D eigenvalue weighted by atomic mass is 32.1. The minimum Gasteiger partial charge on any atom is -0.347 e. The highest BCUT2D eigenvalue weighted by Gasteiger charge is 2.35. The van der Waals surface area contributed by atoms with Crippen molar-refractivity contribution in [1.82, 2.24) is 15.2 Å². The molecule has 0 aromatic carbocycles. The average molecular weight is 319 g/mol. The van der Waals surface area contributed by atoms with E-state index in [-0.39, 0.29) is 5.91 Å². The number of carbonyl (C=O) groups excluding carboxylic acids is 1. The van der Waals surface area contributed by atoms with Crippen molar-refractivity contribution in [2.75, 3.05) is 19.6 Å². The molecule has 0 radical (unpaired) electrons. The van der Waals surface area contributed by atoms with Crippen LogP contribution in [0.2, 0.25) is 0 Å². The van der Waals surface area contributed by atoms with Gasteiger partial charge in [-0.25, -0.2) is 0 Å². The second kappa shape index (κ2) is 5.51. The molecular weight excluding hydrogens is 302 g/mol. The number of hydrogen-bond donors (Lipinski definition) is 1. The summed E-state index contributed by atoms with van der Waals surface area (Å²) in [6, 6.07) is 4.27. The number of nitrogens with zero attached hydrogens (tertiary/aromatic N) is 2. The van der Waals surface area contributed by atoms with Gasteiger partial charge < -0.3 is 10.2 Å². The molecule has 1 atom stereocenters. The molecule has 4 nitrogen and oxygen atoms in total. The van der Waals surface area contributed by atoms with E-state index in [0.29, 0.717) is 12.0 Å². The number of carbonyl (C=O) groups is 1. The van der Waals surface area contributed by atoms with Crippen LogP contribution in [0.15, 0.2) is 23.8 Å². The van der Waals surface area contributed by atoms with E-state index < -0.39 is 0 Å². The maximum atomic E-state index is 12.4. The van der Waals surface area contributed by atoms with Gasteiger partial charge in [0.25, 0.3) is 5.91 Å². The molecule has 2 aromatic heterocycles. The summed E-state index contributed by atoms with van der Waals surface area (Å²) >= 11 is 3.16. The highest BCUT2D eigenvalue weighted by Crippen LogP contribution is 2.31. The molecule has 5 rings (SSSR count). The minimum absolute atomic E-state index is 0.0783. The van der Waals surface area contributed by atoms with Gasteiger partial charge >= 0.3 is 0 Å². The molecule has 1 amide bonds. The van der Waals surface area contributed by atoms with Gasteiger partial charge in [-0.05, 0) is 44.0 Å². The molecule has 110 valence electrons. The maximum absolute atomic E-state index is 12.4. The molecule has 3 saturated heterocycles. The molecule has 0 saturated carbocycles. The molecule has 6 heteroatoms. The van der Waals surface area contributed by atoms with Gasteiger partial charge in [-0.1, -0.05) is 0 Å². The van der Waals surface area contributed by atoms with Gasteiger partial charge in [0.1, 0.15) is 0 Å². The number of aromatic nitrogens is 1. The molecular formula is C15H17N3OS2. The molecule has 3 aliphatic rings. The third-order valence-electron chi connectivity index (χ3n) is 4.48. The Balaban J connectivity index is 1.46. The van der Waals surface area contributed by atoms with Crippen LogP contribution in [0.25, 0.3) is 9.75 Å². The predicted molar refractivity (Wildman–Crippen MR) is 85.8 cm³/mol. The first kappa shape index (κ1) is 13.4. The van der Waals surface area contributed by atoms with Crippen molar-refractivity contribution in [2.45, 2.75) is 18.9 Å². The van der Waals surface area contributed by atoms with Crippen molar-refractivity contribution in [1.29, 1.82) is 0 Å². The van der Waals surface area contributed by atoms with Crippen molar-refractivity contribution >= 4 is 28.6 Å². The summed E-state index contributed by atoms with van der Waals surface area (Å²) in [6.07, 6.45) is 4.30. The van der Waals surface area contributed by atoms with E-state index in [2.05, 4.69) is 15.2 Å². The first-order chi connectivity index (χ1) is 10.3. The molecule has 3 aliphatic heterocycles. The molecule has 0 aliphatic carbocycles. The summed E-state index contributed by atoms with van der Waals surface area (Å²) in [5.41, 5.74) is 1.82. The van der Waals surface area contributed by atoms with E-state index in [0.717, 1.165) is 21.2 Å². The topological polar surface area (TPSA) is 45.2 Å². The summed E-state index contributed by atoms with van der Waals surface area (Å²) in [5.74, 6) is 0.745.